The lowest BCUT2D eigenvalue weighted by Crippen LogP contribution is -2.27. The molecule has 0 spiro atoms. The van der Waals surface area contributed by atoms with Crippen LogP contribution in [0.4, 0.5) is 0 Å². The Kier molecular flexibility index (Phi) is 5.43. The van der Waals surface area contributed by atoms with Gasteiger partial charge in [-0.25, -0.2) is 4.68 Å². The lowest BCUT2D eigenvalue weighted by Gasteiger charge is -2.14. The van der Waals surface area contributed by atoms with Gasteiger partial charge < -0.3 is 5.11 Å². The summed E-state index contributed by atoms with van der Waals surface area (Å²) >= 11 is 5.92. The number of aromatic hydroxyl groups is 1. The molecule has 1 N–H and O–H groups in total. The Morgan fingerprint density at radius 1 is 1.12 bits per heavy atom. The van der Waals surface area contributed by atoms with E-state index in [0.717, 1.165) is 16.7 Å². The molecule has 0 amide bonds. The number of halogens is 1. The standard InChI is InChI=1S/C21H21ClN2O2/c1-3-18-20(25)19(17-7-5-4-6-14(17)2)21(26)24(23-18)13-12-15-8-10-16(22)11-9-15/h4-11,25H,3,12-13H2,1-2H3. The van der Waals surface area contributed by atoms with Crippen LogP contribution in [0.5, 0.6) is 5.75 Å². The molecule has 3 rings (SSSR count). The molecule has 134 valence electrons. The van der Waals surface area contributed by atoms with Crippen molar-refractivity contribution >= 4 is 11.6 Å². The van der Waals surface area contributed by atoms with Crippen LogP contribution in [0.15, 0.2) is 53.3 Å². The van der Waals surface area contributed by atoms with Crippen molar-refractivity contribution in [1.82, 2.24) is 9.78 Å². The average Bonchev–Trinajstić information content (AvgIpc) is 2.64. The minimum atomic E-state index is -0.275. The first-order chi connectivity index (χ1) is 12.5. The zero-order chi connectivity index (χ0) is 18.7. The first-order valence-electron chi connectivity index (χ1n) is 8.64. The van der Waals surface area contributed by atoms with E-state index in [0.29, 0.717) is 35.7 Å². The summed E-state index contributed by atoms with van der Waals surface area (Å²) in [5, 5.41) is 15.6. The molecule has 0 fully saturated rings. The highest BCUT2D eigenvalue weighted by molar-refractivity contribution is 6.30. The van der Waals surface area contributed by atoms with Crippen molar-refractivity contribution in [2.45, 2.75) is 33.2 Å². The van der Waals surface area contributed by atoms with Gasteiger partial charge in [0, 0.05) is 11.6 Å². The fraction of sp³-hybridized carbons (Fsp3) is 0.238. The molecular formula is C21H21ClN2O2. The molecule has 0 radical (unpaired) electrons. The highest BCUT2D eigenvalue weighted by Crippen LogP contribution is 2.30. The third-order valence-corrected chi connectivity index (χ3v) is 4.73. The van der Waals surface area contributed by atoms with Crippen LogP contribution in [-0.4, -0.2) is 14.9 Å². The van der Waals surface area contributed by atoms with Crippen molar-refractivity contribution in [3.8, 4) is 16.9 Å². The van der Waals surface area contributed by atoms with E-state index in [9.17, 15) is 9.90 Å². The maximum absolute atomic E-state index is 13.0. The van der Waals surface area contributed by atoms with E-state index in [1.807, 2.05) is 62.4 Å². The largest absolute Gasteiger partial charge is 0.505 e. The molecule has 0 aliphatic carbocycles. The third-order valence-electron chi connectivity index (χ3n) is 4.47. The van der Waals surface area contributed by atoms with E-state index in [1.54, 1.807) is 0 Å². The zero-order valence-corrected chi connectivity index (χ0v) is 15.6. The van der Waals surface area contributed by atoms with Crippen LogP contribution in [0.25, 0.3) is 11.1 Å². The number of benzene rings is 2. The summed E-state index contributed by atoms with van der Waals surface area (Å²) in [5.74, 6) is -0.0189. The van der Waals surface area contributed by atoms with Crippen molar-refractivity contribution in [1.29, 1.82) is 0 Å². The van der Waals surface area contributed by atoms with Crippen molar-refractivity contribution in [3.63, 3.8) is 0 Å². The Morgan fingerprint density at radius 3 is 2.46 bits per heavy atom. The molecule has 26 heavy (non-hydrogen) atoms. The normalized spacial score (nSPS) is 10.9. The van der Waals surface area contributed by atoms with Gasteiger partial charge in [0.15, 0.2) is 5.75 Å². The van der Waals surface area contributed by atoms with Crippen LogP contribution in [0, 0.1) is 6.92 Å². The van der Waals surface area contributed by atoms with Crippen molar-refractivity contribution in [3.05, 3.63) is 80.7 Å². The number of aromatic nitrogens is 2. The highest BCUT2D eigenvalue weighted by atomic mass is 35.5. The lowest BCUT2D eigenvalue weighted by molar-refractivity contribution is 0.450. The Balaban J connectivity index is 2.03. The van der Waals surface area contributed by atoms with Gasteiger partial charge in [-0.05, 0) is 48.6 Å². The third kappa shape index (κ3) is 3.65. The molecule has 0 aliphatic heterocycles. The molecule has 3 aromatic rings. The molecule has 0 aliphatic rings. The van der Waals surface area contributed by atoms with Gasteiger partial charge in [0.25, 0.3) is 5.56 Å². The van der Waals surface area contributed by atoms with Gasteiger partial charge in [-0.15, -0.1) is 0 Å². The summed E-state index contributed by atoms with van der Waals surface area (Å²) in [7, 11) is 0. The topological polar surface area (TPSA) is 55.1 Å². The maximum atomic E-state index is 13.0. The van der Waals surface area contributed by atoms with Crippen molar-refractivity contribution in [2.75, 3.05) is 0 Å². The van der Waals surface area contributed by atoms with E-state index < -0.39 is 0 Å². The average molecular weight is 369 g/mol. The second kappa shape index (κ2) is 7.75. The minimum absolute atomic E-state index is 0.0189. The number of nitrogens with zero attached hydrogens (tertiary/aromatic N) is 2. The molecule has 1 aromatic heterocycles. The van der Waals surface area contributed by atoms with Crippen molar-refractivity contribution < 1.29 is 5.11 Å². The smallest absolute Gasteiger partial charge is 0.278 e. The maximum Gasteiger partial charge on any atom is 0.278 e. The van der Waals surface area contributed by atoms with Gasteiger partial charge in [-0.2, -0.15) is 5.10 Å². The van der Waals surface area contributed by atoms with E-state index in [2.05, 4.69) is 5.10 Å². The Hall–Kier alpha value is -2.59. The fourth-order valence-corrected chi connectivity index (χ4v) is 3.11. The molecule has 5 heteroatoms. The van der Waals surface area contributed by atoms with Gasteiger partial charge in [-0.1, -0.05) is 54.9 Å². The van der Waals surface area contributed by atoms with Gasteiger partial charge in [-0.3, -0.25) is 4.79 Å². The molecule has 4 nitrogen and oxygen atoms in total. The van der Waals surface area contributed by atoms with Gasteiger partial charge in [0.05, 0.1) is 5.56 Å². The minimum Gasteiger partial charge on any atom is -0.505 e. The molecule has 0 saturated heterocycles. The molecular weight excluding hydrogens is 348 g/mol. The summed E-state index contributed by atoms with van der Waals surface area (Å²) in [6.07, 6.45) is 1.21. The number of hydrogen-bond acceptors (Lipinski definition) is 3. The van der Waals surface area contributed by atoms with Crippen molar-refractivity contribution in [2.24, 2.45) is 0 Å². The predicted octanol–water partition coefficient (Wildman–Crippen LogP) is 4.38. The summed E-state index contributed by atoms with van der Waals surface area (Å²) in [4.78, 5) is 13.0. The number of hydrogen-bond donors (Lipinski definition) is 1. The monoisotopic (exact) mass is 368 g/mol. The summed E-state index contributed by atoms with van der Waals surface area (Å²) in [6.45, 7) is 4.28. The molecule has 0 saturated carbocycles. The summed E-state index contributed by atoms with van der Waals surface area (Å²) in [6, 6.07) is 15.1. The SMILES string of the molecule is CCc1nn(CCc2ccc(Cl)cc2)c(=O)c(-c2ccccc2C)c1O. The molecule has 1 heterocycles. The summed E-state index contributed by atoms with van der Waals surface area (Å²) < 4.78 is 1.45. The Labute approximate surface area is 157 Å². The van der Waals surface area contributed by atoms with Crippen LogP contribution < -0.4 is 5.56 Å². The van der Waals surface area contributed by atoms with E-state index in [-0.39, 0.29) is 11.3 Å². The lowest BCUT2D eigenvalue weighted by atomic mass is 10.00. The second-order valence-corrected chi connectivity index (χ2v) is 6.68. The van der Waals surface area contributed by atoms with Crippen LogP contribution in [0.2, 0.25) is 5.02 Å². The van der Waals surface area contributed by atoms with E-state index in [4.69, 9.17) is 11.6 Å². The molecule has 0 atom stereocenters. The van der Waals surface area contributed by atoms with E-state index in [1.165, 1.54) is 4.68 Å². The van der Waals surface area contributed by atoms with E-state index >= 15 is 0 Å². The van der Waals surface area contributed by atoms with Crippen LogP contribution in [0.3, 0.4) is 0 Å². The van der Waals surface area contributed by atoms with Gasteiger partial charge in [0.1, 0.15) is 5.69 Å². The molecule has 2 aromatic carbocycles. The Bertz CT molecular complexity index is 978. The molecule has 0 unspecified atom stereocenters. The predicted molar refractivity (Wildman–Crippen MR) is 105 cm³/mol. The second-order valence-electron chi connectivity index (χ2n) is 6.24. The zero-order valence-electron chi connectivity index (χ0n) is 14.9. The first-order valence-corrected chi connectivity index (χ1v) is 9.02. The number of rotatable bonds is 5. The summed E-state index contributed by atoms with van der Waals surface area (Å²) in [5.41, 5.74) is 3.34. The fourth-order valence-electron chi connectivity index (χ4n) is 2.99. The van der Waals surface area contributed by atoms with Crippen LogP contribution in [-0.2, 0) is 19.4 Å². The van der Waals surface area contributed by atoms with Crippen LogP contribution >= 0.6 is 11.6 Å². The van der Waals surface area contributed by atoms with Crippen LogP contribution in [0.1, 0.15) is 23.7 Å². The first kappa shape index (κ1) is 18.2. The number of aryl methyl sites for hydroxylation is 4. The van der Waals surface area contributed by atoms with Gasteiger partial charge in [0.2, 0.25) is 0 Å². The molecule has 0 bridgehead atoms. The van der Waals surface area contributed by atoms with Gasteiger partial charge >= 0.3 is 0 Å². The highest BCUT2D eigenvalue weighted by Gasteiger charge is 2.18. The quantitative estimate of drug-likeness (QED) is 0.727. The Morgan fingerprint density at radius 2 is 1.81 bits per heavy atom.